The van der Waals surface area contributed by atoms with Crippen molar-refractivity contribution in [2.75, 3.05) is 39.3 Å². The number of carbonyl (C=O) groups is 1. The number of hydrogen-bond acceptors (Lipinski definition) is 3. The first-order valence-electron chi connectivity index (χ1n) is 10.3. The first-order chi connectivity index (χ1) is 11.6. The van der Waals surface area contributed by atoms with Gasteiger partial charge in [0.15, 0.2) is 0 Å². The Morgan fingerprint density at radius 3 is 2.00 bits per heavy atom. The Morgan fingerprint density at radius 1 is 0.917 bits per heavy atom. The van der Waals surface area contributed by atoms with Crippen LogP contribution < -0.4 is 0 Å². The molecule has 0 bridgehead atoms. The second-order valence-electron chi connectivity index (χ2n) is 9.09. The van der Waals surface area contributed by atoms with Crippen molar-refractivity contribution >= 4 is 5.91 Å². The third-order valence-corrected chi connectivity index (χ3v) is 7.59. The Balaban J connectivity index is 1.18. The van der Waals surface area contributed by atoms with Crippen molar-refractivity contribution in [1.29, 1.82) is 0 Å². The lowest BCUT2D eigenvalue weighted by Crippen LogP contribution is -2.67. The molecule has 0 atom stereocenters. The molecule has 0 unspecified atom stereocenters. The molecule has 136 valence electrons. The fraction of sp³-hybridized carbons (Fsp3) is 0.950. The Kier molecular flexibility index (Phi) is 4.63. The summed E-state index contributed by atoms with van der Waals surface area (Å²) in [5.74, 6) is 1.25. The largest absolute Gasteiger partial charge is 0.342 e. The van der Waals surface area contributed by atoms with Crippen LogP contribution >= 0.6 is 0 Å². The van der Waals surface area contributed by atoms with E-state index in [-0.39, 0.29) is 5.91 Å². The van der Waals surface area contributed by atoms with Gasteiger partial charge in [-0.3, -0.25) is 4.79 Å². The van der Waals surface area contributed by atoms with Gasteiger partial charge in [-0.25, -0.2) is 0 Å². The van der Waals surface area contributed by atoms with Gasteiger partial charge in [-0.15, -0.1) is 0 Å². The first kappa shape index (κ1) is 16.8. The van der Waals surface area contributed by atoms with Crippen molar-refractivity contribution in [2.24, 2.45) is 11.3 Å². The smallest absolute Gasteiger partial charge is 0.219 e. The molecule has 3 saturated heterocycles. The van der Waals surface area contributed by atoms with E-state index in [1.807, 2.05) is 4.90 Å². The third-order valence-electron chi connectivity index (χ3n) is 7.59. The summed E-state index contributed by atoms with van der Waals surface area (Å²) in [6, 6.07) is 1.66. The van der Waals surface area contributed by atoms with Crippen LogP contribution in [0.3, 0.4) is 0 Å². The van der Waals surface area contributed by atoms with E-state index < -0.39 is 0 Å². The molecule has 4 aliphatic rings. The summed E-state index contributed by atoms with van der Waals surface area (Å²) in [6.07, 6.45) is 9.65. The highest BCUT2D eigenvalue weighted by Gasteiger charge is 2.54. The highest BCUT2D eigenvalue weighted by molar-refractivity contribution is 5.74. The van der Waals surface area contributed by atoms with Crippen LogP contribution in [-0.2, 0) is 4.79 Å². The summed E-state index contributed by atoms with van der Waals surface area (Å²) in [6.45, 7) is 11.4. The van der Waals surface area contributed by atoms with E-state index in [0.717, 1.165) is 31.1 Å². The number of piperidine rings is 2. The van der Waals surface area contributed by atoms with Crippen molar-refractivity contribution in [3.63, 3.8) is 0 Å². The fourth-order valence-electron chi connectivity index (χ4n) is 5.78. The lowest BCUT2D eigenvalue weighted by atomic mass is 9.60. The first-order valence-corrected chi connectivity index (χ1v) is 10.3. The van der Waals surface area contributed by atoms with Crippen LogP contribution in [0.5, 0.6) is 0 Å². The second-order valence-corrected chi connectivity index (χ2v) is 9.09. The number of amides is 1. The van der Waals surface area contributed by atoms with E-state index in [1.54, 1.807) is 6.92 Å². The molecule has 0 aromatic carbocycles. The molecule has 4 fully saturated rings. The van der Waals surface area contributed by atoms with Crippen molar-refractivity contribution in [2.45, 2.75) is 70.9 Å². The molecule has 0 radical (unpaired) electrons. The monoisotopic (exact) mass is 333 g/mol. The van der Waals surface area contributed by atoms with Crippen LogP contribution in [0.2, 0.25) is 0 Å². The topological polar surface area (TPSA) is 26.8 Å². The number of hydrogen-bond donors (Lipinski definition) is 0. The summed E-state index contributed by atoms with van der Waals surface area (Å²) in [7, 11) is 0. The lowest BCUT2D eigenvalue weighted by molar-refractivity contribution is -0.156. The minimum Gasteiger partial charge on any atom is -0.342 e. The van der Waals surface area contributed by atoms with E-state index in [2.05, 4.69) is 16.7 Å². The third kappa shape index (κ3) is 3.12. The second kappa shape index (κ2) is 6.60. The molecule has 1 saturated carbocycles. The molecule has 3 heterocycles. The zero-order valence-corrected chi connectivity index (χ0v) is 15.7. The van der Waals surface area contributed by atoms with Crippen molar-refractivity contribution < 1.29 is 4.79 Å². The molecule has 0 aromatic rings. The van der Waals surface area contributed by atoms with Crippen LogP contribution in [0.1, 0.15) is 58.8 Å². The molecular weight excluding hydrogens is 298 g/mol. The van der Waals surface area contributed by atoms with Crippen LogP contribution in [0.25, 0.3) is 0 Å². The van der Waals surface area contributed by atoms with Gasteiger partial charge >= 0.3 is 0 Å². The van der Waals surface area contributed by atoms with Gasteiger partial charge in [0.2, 0.25) is 5.91 Å². The maximum absolute atomic E-state index is 11.4. The maximum Gasteiger partial charge on any atom is 0.219 e. The van der Waals surface area contributed by atoms with Gasteiger partial charge in [0.05, 0.1) is 0 Å². The molecule has 0 N–H and O–H groups in total. The molecule has 4 rings (SSSR count). The minimum atomic E-state index is 0.261. The van der Waals surface area contributed by atoms with Crippen molar-refractivity contribution in [1.82, 2.24) is 14.7 Å². The summed E-state index contributed by atoms with van der Waals surface area (Å²) >= 11 is 0. The van der Waals surface area contributed by atoms with Crippen LogP contribution in [-0.4, -0.2) is 72.0 Å². The molecule has 3 aliphatic heterocycles. The van der Waals surface area contributed by atoms with E-state index in [9.17, 15) is 4.79 Å². The molecular formula is C20H35N3O. The molecule has 24 heavy (non-hydrogen) atoms. The van der Waals surface area contributed by atoms with Crippen LogP contribution in [0.4, 0.5) is 0 Å². The summed E-state index contributed by atoms with van der Waals surface area (Å²) in [5.41, 5.74) is 0.509. The van der Waals surface area contributed by atoms with Crippen LogP contribution in [0.15, 0.2) is 0 Å². The number of likely N-dealkylation sites (tertiary alicyclic amines) is 3. The Hall–Kier alpha value is -0.610. The minimum absolute atomic E-state index is 0.261. The number of rotatable bonds is 3. The van der Waals surface area contributed by atoms with Gasteiger partial charge in [-0.2, -0.15) is 0 Å². The van der Waals surface area contributed by atoms with Gasteiger partial charge in [0, 0.05) is 37.5 Å². The van der Waals surface area contributed by atoms with Gasteiger partial charge < -0.3 is 14.7 Å². The molecule has 1 spiro atoms. The Bertz CT molecular complexity index is 450. The van der Waals surface area contributed by atoms with E-state index >= 15 is 0 Å². The SMILES string of the molecule is CCC1CCN(C2CCN(C3CC4(C3)CN(C(C)=O)C4)CC2)CC1. The molecule has 1 aliphatic carbocycles. The maximum atomic E-state index is 11.4. The molecule has 0 aromatic heterocycles. The average molecular weight is 334 g/mol. The standard InChI is InChI=1S/C20H35N3O/c1-3-17-4-8-21(9-5-17)18-6-10-22(11-7-18)19-12-20(13-19)14-23(15-20)16(2)24/h17-19H,3-15H2,1-2H3. The molecule has 1 amide bonds. The molecule has 4 nitrogen and oxygen atoms in total. The van der Waals surface area contributed by atoms with Gasteiger partial charge in [0.25, 0.3) is 0 Å². The number of carbonyl (C=O) groups excluding carboxylic acids is 1. The van der Waals surface area contributed by atoms with Gasteiger partial charge in [-0.1, -0.05) is 13.3 Å². The Morgan fingerprint density at radius 2 is 1.46 bits per heavy atom. The van der Waals surface area contributed by atoms with E-state index in [1.165, 1.54) is 71.1 Å². The van der Waals surface area contributed by atoms with Crippen molar-refractivity contribution in [3.8, 4) is 0 Å². The van der Waals surface area contributed by atoms with E-state index in [4.69, 9.17) is 0 Å². The normalized spacial score (nSPS) is 30.3. The van der Waals surface area contributed by atoms with Gasteiger partial charge in [0.1, 0.15) is 0 Å². The zero-order valence-electron chi connectivity index (χ0n) is 15.7. The molecule has 4 heteroatoms. The quantitative estimate of drug-likeness (QED) is 0.794. The summed E-state index contributed by atoms with van der Waals surface area (Å²) in [5, 5.41) is 0. The Labute approximate surface area is 147 Å². The van der Waals surface area contributed by atoms with E-state index in [0.29, 0.717) is 5.41 Å². The predicted molar refractivity (Wildman–Crippen MR) is 96.9 cm³/mol. The zero-order chi connectivity index (χ0) is 16.7. The summed E-state index contributed by atoms with van der Waals surface area (Å²) in [4.78, 5) is 18.9. The average Bonchev–Trinajstić information content (AvgIpc) is 2.53. The van der Waals surface area contributed by atoms with Crippen molar-refractivity contribution in [3.05, 3.63) is 0 Å². The highest BCUT2D eigenvalue weighted by atomic mass is 16.2. The van der Waals surface area contributed by atoms with Gasteiger partial charge in [-0.05, 0) is 70.6 Å². The number of nitrogens with zero attached hydrogens (tertiary/aromatic N) is 3. The lowest BCUT2D eigenvalue weighted by Gasteiger charge is -2.61. The highest BCUT2D eigenvalue weighted by Crippen LogP contribution is 2.50. The summed E-state index contributed by atoms with van der Waals surface area (Å²) < 4.78 is 0. The predicted octanol–water partition coefficient (Wildman–Crippen LogP) is 2.58. The fourth-order valence-corrected chi connectivity index (χ4v) is 5.78. The van der Waals surface area contributed by atoms with Crippen LogP contribution in [0, 0.1) is 11.3 Å².